The average Bonchev–Trinajstić information content (AvgIpc) is 2.70. The molecule has 1 rings (SSSR count). The monoisotopic (exact) mass is 348 g/mol. The quantitative estimate of drug-likeness (QED) is 0.575. The van der Waals surface area contributed by atoms with Crippen LogP contribution in [0.3, 0.4) is 0 Å². The molecule has 1 heterocycles. The van der Waals surface area contributed by atoms with Crippen molar-refractivity contribution < 1.29 is 0 Å². The van der Waals surface area contributed by atoms with E-state index in [4.69, 9.17) is 11.6 Å². The number of halogens is 2. The Morgan fingerprint density at radius 2 is 2.00 bits per heavy atom. The van der Waals surface area contributed by atoms with Gasteiger partial charge in [-0.1, -0.05) is 54.2 Å². The molecule has 0 saturated heterocycles. The molecule has 1 aromatic heterocycles. The van der Waals surface area contributed by atoms with Gasteiger partial charge in [0.25, 0.3) is 0 Å². The first-order valence-electron chi connectivity index (χ1n) is 7.31. The summed E-state index contributed by atoms with van der Waals surface area (Å²) in [6.45, 7) is 9.54. The number of nitrogens with zero attached hydrogens (tertiary/aromatic N) is 2. The second kappa shape index (κ2) is 7.68. The molecule has 0 aliphatic heterocycles. The van der Waals surface area contributed by atoms with Gasteiger partial charge in [-0.05, 0) is 38.5 Å². The number of hydrogen-bond acceptors (Lipinski definition) is 1. The van der Waals surface area contributed by atoms with Crippen LogP contribution in [-0.2, 0) is 13.0 Å². The highest BCUT2D eigenvalue weighted by atomic mass is 79.9. The van der Waals surface area contributed by atoms with Gasteiger partial charge in [0.05, 0.1) is 16.4 Å². The van der Waals surface area contributed by atoms with Crippen LogP contribution < -0.4 is 0 Å². The van der Waals surface area contributed by atoms with E-state index < -0.39 is 0 Å². The molecule has 0 N–H and O–H groups in total. The maximum Gasteiger partial charge on any atom is 0.0847 e. The molecular formula is C15H26BrClN2. The predicted octanol–water partition coefficient (Wildman–Crippen LogP) is 5.39. The molecule has 19 heavy (non-hydrogen) atoms. The fraction of sp³-hybridized carbons (Fsp3) is 0.800. The van der Waals surface area contributed by atoms with Gasteiger partial charge in [-0.2, -0.15) is 5.10 Å². The summed E-state index contributed by atoms with van der Waals surface area (Å²) in [6, 6.07) is 0. The molecule has 0 aliphatic carbocycles. The van der Waals surface area contributed by atoms with E-state index in [9.17, 15) is 0 Å². The normalized spacial score (nSPS) is 14.6. The molecule has 0 bridgehead atoms. The molecule has 0 spiro atoms. The molecule has 1 atom stereocenters. The lowest BCUT2D eigenvalue weighted by atomic mass is 9.78. The maximum atomic E-state index is 6.45. The average molecular weight is 350 g/mol. The summed E-state index contributed by atoms with van der Waals surface area (Å²) in [6.07, 6.45) is 5.95. The SMILES string of the molecule is CCCCC(CC)(CBr)Cc1c(Cl)c(C)nn1CC. The molecule has 0 amide bonds. The fourth-order valence-corrected chi connectivity index (χ4v) is 3.62. The van der Waals surface area contributed by atoms with E-state index in [0.29, 0.717) is 5.41 Å². The second-order valence-electron chi connectivity index (χ2n) is 5.43. The van der Waals surface area contributed by atoms with Gasteiger partial charge in [0.2, 0.25) is 0 Å². The molecule has 110 valence electrons. The summed E-state index contributed by atoms with van der Waals surface area (Å²) in [4.78, 5) is 0. The number of rotatable bonds is 8. The molecule has 2 nitrogen and oxygen atoms in total. The van der Waals surface area contributed by atoms with Crippen LogP contribution in [-0.4, -0.2) is 15.1 Å². The zero-order chi connectivity index (χ0) is 14.5. The van der Waals surface area contributed by atoms with Crippen LogP contribution in [0.2, 0.25) is 5.02 Å². The third kappa shape index (κ3) is 3.98. The maximum absolute atomic E-state index is 6.45. The number of hydrogen-bond donors (Lipinski definition) is 0. The van der Waals surface area contributed by atoms with Crippen molar-refractivity contribution in [2.45, 2.75) is 66.3 Å². The summed E-state index contributed by atoms with van der Waals surface area (Å²) in [5.74, 6) is 0. The smallest absolute Gasteiger partial charge is 0.0847 e. The lowest BCUT2D eigenvalue weighted by Crippen LogP contribution is -2.26. The highest BCUT2D eigenvalue weighted by Gasteiger charge is 2.29. The minimum Gasteiger partial charge on any atom is -0.268 e. The van der Waals surface area contributed by atoms with E-state index in [2.05, 4.69) is 46.5 Å². The van der Waals surface area contributed by atoms with Crippen LogP contribution in [0.1, 0.15) is 57.8 Å². The standard InChI is InChI=1S/C15H26BrClN2/c1-5-8-9-15(6-2,11-16)10-13-14(17)12(4)18-19(13)7-3/h5-11H2,1-4H3. The molecule has 1 unspecified atom stereocenters. The Morgan fingerprint density at radius 1 is 1.32 bits per heavy atom. The van der Waals surface area contributed by atoms with Crippen LogP contribution >= 0.6 is 27.5 Å². The summed E-state index contributed by atoms with van der Waals surface area (Å²) in [5.41, 5.74) is 2.46. The summed E-state index contributed by atoms with van der Waals surface area (Å²) in [5, 5.41) is 6.42. The minimum absolute atomic E-state index is 0.305. The molecule has 0 aromatic carbocycles. The van der Waals surface area contributed by atoms with Crippen molar-refractivity contribution in [2.24, 2.45) is 5.41 Å². The zero-order valence-corrected chi connectivity index (χ0v) is 14.9. The molecular weight excluding hydrogens is 324 g/mol. The number of aromatic nitrogens is 2. The summed E-state index contributed by atoms with van der Waals surface area (Å²) in [7, 11) is 0. The Labute approximate surface area is 131 Å². The third-order valence-electron chi connectivity index (χ3n) is 4.09. The van der Waals surface area contributed by atoms with Crippen LogP contribution in [0.15, 0.2) is 0 Å². The Morgan fingerprint density at radius 3 is 2.47 bits per heavy atom. The number of alkyl halides is 1. The van der Waals surface area contributed by atoms with Crippen molar-refractivity contribution in [1.29, 1.82) is 0 Å². The predicted molar refractivity (Wildman–Crippen MR) is 87.4 cm³/mol. The van der Waals surface area contributed by atoms with Crippen LogP contribution in [0, 0.1) is 12.3 Å². The molecule has 4 heteroatoms. The molecule has 0 saturated carbocycles. The van der Waals surface area contributed by atoms with Gasteiger partial charge in [-0.25, -0.2) is 0 Å². The van der Waals surface area contributed by atoms with E-state index >= 15 is 0 Å². The summed E-state index contributed by atoms with van der Waals surface area (Å²) >= 11 is 10.2. The van der Waals surface area contributed by atoms with Gasteiger partial charge in [-0.3, -0.25) is 4.68 Å². The summed E-state index contributed by atoms with van der Waals surface area (Å²) < 4.78 is 2.07. The van der Waals surface area contributed by atoms with Crippen molar-refractivity contribution in [3.05, 3.63) is 16.4 Å². The van der Waals surface area contributed by atoms with E-state index in [0.717, 1.165) is 29.0 Å². The van der Waals surface area contributed by atoms with Crippen LogP contribution in [0.4, 0.5) is 0 Å². The molecule has 0 fully saturated rings. The number of aryl methyl sites for hydroxylation is 2. The van der Waals surface area contributed by atoms with Gasteiger partial charge < -0.3 is 0 Å². The van der Waals surface area contributed by atoms with Gasteiger partial charge in [0.1, 0.15) is 0 Å². The third-order valence-corrected chi connectivity index (χ3v) is 5.77. The van der Waals surface area contributed by atoms with Crippen molar-refractivity contribution in [2.75, 3.05) is 5.33 Å². The highest BCUT2D eigenvalue weighted by molar-refractivity contribution is 9.09. The van der Waals surface area contributed by atoms with Gasteiger partial charge >= 0.3 is 0 Å². The Hall–Kier alpha value is -0.0200. The van der Waals surface area contributed by atoms with Crippen LogP contribution in [0.5, 0.6) is 0 Å². The molecule has 0 radical (unpaired) electrons. The fourth-order valence-electron chi connectivity index (χ4n) is 2.54. The van der Waals surface area contributed by atoms with E-state index in [1.165, 1.54) is 31.4 Å². The van der Waals surface area contributed by atoms with Crippen molar-refractivity contribution >= 4 is 27.5 Å². The second-order valence-corrected chi connectivity index (χ2v) is 6.37. The van der Waals surface area contributed by atoms with E-state index in [-0.39, 0.29) is 0 Å². The first-order valence-corrected chi connectivity index (χ1v) is 8.81. The van der Waals surface area contributed by atoms with Gasteiger partial charge in [0, 0.05) is 11.9 Å². The van der Waals surface area contributed by atoms with Crippen LogP contribution in [0.25, 0.3) is 0 Å². The lowest BCUT2D eigenvalue weighted by Gasteiger charge is -2.31. The Kier molecular flexibility index (Phi) is 6.89. The molecule has 0 aliphatic rings. The van der Waals surface area contributed by atoms with Gasteiger partial charge in [0.15, 0.2) is 0 Å². The first kappa shape index (κ1) is 17.0. The van der Waals surface area contributed by atoms with Crippen molar-refractivity contribution in [3.8, 4) is 0 Å². The first-order chi connectivity index (χ1) is 9.03. The minimum atomic E-state index is 0.305. The van der Waals surface area contributed by atoms with E-state index in [1.54, 1.807) is 0 Å². The largest absolute Gasteiger partial charge is 0.268 e. The van der Waals surface area contributed by atoms with Gasteiger partial charge in [-0.15, -0.1) is 0 Å². The Balaban J connectivity index is 3.02. The number of unbranched alkanes of at least 4 members (excludes halogenated alkanes) is 1. The van der Waals surface area contributed by atoms with E-state index in [1.807, 2.05) is 6.92 Å². The highest BCUT2D eigenvalue weighted by Crippen LogP contribution is 2.37. The van der Waals surface area contributed by atoms with Crippen molar-refractivity contribution in [1.82, 2.24) is 9.78 Å². The molecule has 1 aromatic rings. The van der Waals surface area contributed by atoms with Crippen molar-refractivity contribution in [3.63, 3.8) is 0 Å². The topological polar surface area (TPSA) is 17.8 Å². The lowest BCUT2D eigenvalue weighted by molar-refractivity contribution is 0.276. The Bertz CT molecular complexity index is 397. The zero-order valence-electron chi connectivity index (χ0n) is 12.6.